The Hall–Kier alpha value is -3.01. The molecule has 2 aromatic heterocycles. The second kappa shape index (κ2) is 10.1. The van der Waals surface area contributed by atoms with Gasteiger partial charge in [-0.05, 0) is 30.2 Å². The Morgan fingerprint density at radius 1 is 1.16 bits per heavy atom. The zero-order valence-electron chi connectivity index (χ0n) is 17.5. The van der Waals surface area contributed by atoms with E-state index in [9.17, 15) is 9.59 Å². The van der Waals surface area contributed by atoms with Gasteiger partial charge in [-0.3, -0.25) is 18.9 Å². The van der Waals surface area contributed by atoms with Gasteiger partial charge in [0.2, 0.25) is 0 Å². The van der Waals surface area contributed by atoms with E-state index in [2.05, 4.69) is 10.3 Å². The number of nitrogens with one attached hydrogen (secondary N) is 1. The number of hydrogen-bond donors (Lipinski definition) is 1. The van der Waals surface area contributed by atoms with Crippen LogP contribution in [0.5, 0.6) is 0 Å². The predicted octanol–water partition coefficient (Wildman–Crippen LogP) is 3.20. The number of thioether (sulfide) groups is 1. The second-order valence-electron chi connectivity index (χ2n) is 7.10. The van der Waals surface area contributed by atoms with Crippen molar-refractivity contribution in [3.8, 4) is 0 Å². The number of benzene rings is 1. The van der Waals surface area contributed by atoms with Crippen LogP contribution in [0.1, 0.15) is 11.1 Å². The number of thiocarbonyl (C=S) groups is 1. The average molecular weight is 467 g/mol. The van der Waals surface area contributed by atoms with Crippen LogP contribution in [0.3, 0.4) is 0 Å². The first-order valence-electron chi connectivity index (χ1n) is 10.1. The van der Waals surface area contributed by atoms with Gasteiger partial charge in [0.25, 0.3) is 11.5 Å². The van der Waals surface area contributed by atoms with Crippen LogP contribution < -0.4 is 10.9 Å². The molecule has 0 saturated carbocycles. The molecule has 1 saturated heterocycles. The van der Waals surface area contributed by atoms with E-state index < -0.39 is 0 Å². The van der Waals surface area contributed by atoms with Gasteiger partial charge in [-0.25, -0.2) is 4.98 Å². The summed E-state index contributed by atoms with van der Waals surface area (Å²) in [6.07, 6.45) is 3.95. The molecule has 7 nitrogen and oxygen atoms in total. The molecule has 1 aromatic carbocycles. The largest absolute Gasteiger partial charge is 0.383 e. The van der Waals surface area contributed by atoms with E-state index in [-0.39, 0.29) is 11.5 Å². The number of fused-ring (bicyclic) bond motifs is 1. The lowest BCUT2D eigenvalue weighted by Crippen LogP contribution is -2.30. The molecule has 1 N–H and O–H groups in total. The molecule has 32 heavy (non-hydrogen) atoms. The van der Waals surface area contributed by atoms with E-state index >= 15 is 0 Å². The van der Waals surface area contributed by atoms with Gasteiger partial charge in [-0.1, -0.05) is 60.4 Å². The van der Waals surface area contributed by atoms with Crippen molar-refractivity contribution in [1.29, 1.82) is 0 Å². The smallest absolute Gasteiger partial charge is 0.267 e. The molecular formula is C23H22N4O3S2. The number of carbonyl (C=O) groups excluding carboxylic acids is 1. The number of nitrogens with zero attached hydrogens (tertiary/aromatic N) is 3. The van der Waals surface area contributed by atoms with Crippen LogP contribution in [0.15, 0.2) is 64.4 Å². The molecule has 0 unspecified atom stereocenters. The van der Waals surface area contributed by atoms with Crippen molar-refractivity contribution in [3.05, 3.63) is 81.1 Å². The van der Waals surface area contributed by atoms with Gasteiger partial charge in [-0.2, -0.15) is 0 Å². The van der Waals surface area contributed by atoms with Gasteiger partial charge >= 0.3 is 0 Å². The summed E-state index contributed by atoms with van der Waals surface area (Å²) in [6.45, 7) is 1.42. The molecule has 3 aromatic rings. The predicted molar refractivity (Wildman–Crippen MR) is 132 cm³/mol. The lowest BCUT2D eigenvalue weighted by Gasteiger charge is -2.14. The summed E-state index contributed by atoms with van der Waals surface area (Å²) >= 11 is 6.65. The first kappa shape index (κ1) is 22.2. The molecule has 1 aliphatic heterocycles. The van der Waals surface area contributed by atoms with Crippen molar-refractivity contribution in [1.82, 2.24) is 14.3 Å². The van der Waals surface area contributed by atoms with Crippen LogP contribution in [-0.4, -0.2) is 51.3 Å². The van der Waals surface area contributed by atoms with Gasteiger partial charge < -0.3 is 10.1 Å². The summed E-state index contributed by atoms with van der Waals surface area (Å²) < 4.78 is 7.04. The molecule has 164 valence electrons. The zero-order valence-corrected chi connectivity index (χ0v) is 19.1. The van der Waals surface area contributed by atoms with E-state index in [4.69, 9.17) is 17.0 Å². The fourth-order valence-electron chi connectivity index (χ4n) is 3.35. The minimum absolute atomic E-state index is 0.198. The first-order chi connectivity index (χ1) is 15.6. The Morgan fingerprint density at radius 2 is 1.94 bits per heavy atom. The van der Waals surface area contributed by atoms with Crippen molar-refractivity contribution < 1.29 is 9.53 Å². The van der Waals surface area contributed by atoms with E-state index in [1.165, 1.54) is 16.2 Å². The Labute approximate surface area is 195 Å². The Morgan fingerprint density at radius 3 is 2.72 bits per heavy atom. The fraction of sp³-hybridized carbons (Fsp3) is 0.217. The number of pyridine rings is 1. The monoisotopic (exact) mass is 466 g/mol. The highest BCUT2D eigenvalue weighted by atomic mass is 32.2. The molecule has 3 heterocycles. The SMILES string of the molecule is COCCNc1nc2ccccn2c(=O)c1C=C1SC(=S)N(CCc2ccccc2)C1=O. The molecule has 0 bridgehead atoms. The van der Waals surface area contributed by atoms with Crippen molar-refractivity contribution in [3.63, 3.8) is 0 Å². The van der Waals surface area contributed by atoms with Crippen molar-refractivity contribution >= 4 is 51.7 Å². The van der Waals surface area contributed by atoms with Gasteiger partial charge in [0.1, 0.15) is 15.8 Å². The third-order valence-corrected chi connectivity index (χ3v) is 6.36. The highest BCUT2D eigenvalue weighted by Gasteiger charge is 2.32. The molecule has 0 aliphatic carbocycles. The fourth-order valence-corrected chi connectivity index (χ4v) is 4.64. The summed E-state index contributed by atoms with van der Waals surface area (Å²) in [5, 5.41) is 3.14. The molecule has 0 spiro atoms. The summed E-state index contributed by atoms with van der Waals surface area (Å²) in [5.41, 5.74) is 1.70. The molecule has 0 radical (unpaired) electrons. The van der Waals surface area contributed by atoms with Gasteiger partial charge in [0.05, 0.1) is 17.1 Å². The third-order valence-electron chi connectivity index (χ3n) is 4.98. The molecule has 9 heteroatoms. The molecular weight excluding hydrogens is 444 g/mol. The normalized spacial score (nSPS) is 15.2. The first-order valence-corrected chi connectivity index (χ1v) is 11.3. The molecule has 1 aliphatic rings. The maximum absolute atomic E-state index is 13.2. The van der Waals surface area contributed by atoms with Gasteiger partial charge in [0.15, 0.2) is 0 Å². The molecule has 4 rings (SSSR count). The van der Waals surface area contributed by atoms with Crippen molar-refractivity contribution in [2.75, 3.05) is 32.1 Å². The highest BCUT2D eigenvalue weighted by Crippen LogP contribution is 2.33. The zero-order chi connectivity index (χ0) is 22.5. The Balaban J connectivity index is 1.64. The number of hydrogen-bond acceptors (Lipinski definition) is 7. The van der Waals surface area contributed by atoms with Crippen molar-refractivity contribution in [2.45, 2.75) is 6.42 Å². The standard InChI is InChI=1S/C23H22N4O3S2/c1-30-14-11-24-20-17(21(28)26-12-6-5-9-19(26)25-20)15-18-22(29)27(23(31)32-18)13-10-16-7-3-2-4-8-16/h2-9,12,15,24H,10-11,13-14H2,1H3. The summed E-state index contributed by atoms with van der Waals surface area (Å²) in [6, 6.07) is 15.3. The Kier molecular flexibility index (Phi) is 6.99. The summed E-state index contributed by atoms with van der Waals surface area (Å²) in [7, 11) is 1.60. The van der Waals surface area contributed by atoms with Gasteiger partial charge in [-0.15, -0.1) is 0 Å². The number of rotatable bonds is 8. The van der Waals surface area contributed by atoms with E-state index in [1.807, 2.05) is 36.4 Å². The quantitative estimate of drug-likeness (QED) is 0.310. The van der Waals surface area contributed by atoms with E-state index in [1.54, 1.807) is 36.4 Å². The molecule has 1 fully saturated rings. The number of carbonyl (C=O) groups is 1. The Bertz CT molecular complexity index is 1240. The molecule has 1 amide bonds. The van der Waals surface area contributed by atoms with E-state index in [0.29, 0.717) is 52.4 Å². The number of amides is 1. The topological polar surface area (TPSA) is 75.9 Å². The summed E-state index contributed by atoms with van der Waals surface area (Å²) in [4.78, 5) is 32.8. The lowest BCUT2D eigenvalue weighted by molar-refractivity contribution is -0.122. The highest BCUT2D eigenvalue weighted by molar-refractivity contribution is 8.26. The third kappa shape index (κ3) is 4.74. The maximum atomic E-state index is 13.2. The number of ether oxygens (including phenoxy) is 1. The number of aromatic nitrogens is 2. The van der Waals surface area contributed by atoms with Crippen molar-refractivity contribution in [2.24, 2.45) is 0 Å². The van der Waals surface area contributed by atoms with Crippen LogP contribution in [0.2, 0.25) is 0 Å². The maximum Gasteiger partial charge on any atom is 0.267 e. The average Bonchev–Trinajstić information content (AvgIpc) is 3.08. The van der Waals surface area contributed by atoms with Crippen LogP contribution in [0.4, 0.5) is 5.82 Å². The van der Waals surface area contributed by atoms with Crippen LogP contribution in [0.25, 0.3) is 11.7 Å². The van der Waals surface area contributed by atoms with Crippen LogP contribution >= 0.6 is 24.0 Å². The minimum Gasteiger partial charge on any atom is -0.383 e. The molecule has 0 atom stereocenters. The van der Waals surface area contributed by atoms with Crippen LogP contribution in [0, 0.1) is 0 Å². The van der Waals surface area contributed by atoms with Gasteiger partial charge in [0, 0.05) is 26.4 Å². The number of anilines is 1. The second-order valence-corrected chi connectivity index (χ2v) is 8.77. The lowest BCUT2D eigenvalue weighted by atomic mass is 10.1. The minimum atomic E-state index is -0.259. The number of methoxy groups -OCH3 is 1. The summed E-state index contributed by atoms with van der Waals surface area (Å²) in [5.74, 6) is 0.212. The van der Waals surface area contributed by atoms with Crippen LogP contribution in [-0.2, 0) is 16.0 Å². The van der Waals surface area contributed by atoms with E-state index in [0.717, 1.165) is 5.56 Å².